The average molecular weight is 287 g/mol. The van der Waals surface area contributed by atoms with Crippen LogP contribution >= 0.6 is 0 Å². The molecular formula is C17H22FN3. The number of aromatic nitrogens is 1. The van der Waals surface area contributed by atoms with Crippen LogP contribution in [-0.2, 0) is 6.54 Å². The van der Waals surface area contributed by atoms with Gasteiger partial charge in [0.25, 0.3) is 0 Å². The van der Waals surface area contributed by atoms with E-state index in [0.717, 1.165) is 5.69 Å². The minimum Gasteiger partial charge on any atom is -0.327 e. The van der Waals surface area contributed by atoms with Gasteiger partial charge in [0.2, 0.25) is 0 Å². The van der Waals surface area contributed by atoms with E-state index in [2.05, 4.69) is 10.3 Å². The van der Waals surface area contributed by atoms with Gasteiger partial charge in [0.05, 0.1) is 0 Å². The van der Waals surface area contributed by atoms with Crippen molar-refractivity contribution in [3.63, 3.8) is 0 Å². The van der Waals surface area contributed by atoms with Crippen molar-refractivity contribution in [3.05, 3.63) is 53.5 Å². The van der Waals surface area contributed by atoms with Crippen LogP contribution in [0.15, 0.2) is 36.5 Å². The Hall–Kier alpha value is -1.94. The third-order valence-electron chi connectivity index (χ3n) is 3.39. The fourth-order valence-corrected chi connectivity index (χ4v) is 2.05. The van der Waals surface area contributed by atoms with E-state index in [1.54, 1.807) is 17.2 Å². The predicted molar refractivity (Wildman–Crippen MR) is 85.4 cm³/mol. The Bertz CT molecular complexity index is 593. The van der Waals surface area contributed by atoms with Crippen molar-refractivity contribution in [3.8, 4) is 0 Å². The van der Waals surface area contributed by atoms with E-state index in [1.807, 2.05) is 52.1 Å². The molecule has 0 aliphatic rings. The van der Waals surface area contributed by atoms with Gasteiger partial charge < -0.3 is 10.2 Å². The summed E-state index contributed by atoms with van der Waals surface area (Å²) in [5.74, 6) is 0.0793. The van der Waals surface area contributed by atoms with Crippen molar-refractivity contribution in [2.75, 3.05) is 11.9 Å². The molecule has 4 heteroatoms. The summed E-state index contributed by atoms with van der Waals surface area (Å²) < 4.78 is 14.6. The van der Waals surface area contributed by atoms with E-state index in [1.165, 1.54) is 5.56 Å². The fraction of sp³-hybridized carbons (Fsp3) is 0.353. The SMILES string of the molecule is Cc1ccc(N(C)c2nccc(CNC(C)C)c2F)cc1. The number of rotatable bonds is 5. The number of benzene rings is 1. The normalized spacial score (nSPS) is 11.0. The van der Waals surface area contributed by atoms with Crippen LogP contribution < -0.4 is 10.2 Å². The van der Waals surface area contributed by atoms with Gasteiger partial charge in [0, 0.05) is 37.1 Å². The van der Waals surface area contributed by atoms with Crippen LogP contribution in [0.1, 0.15) is 25.0 Å². The smallest absolute Gasteiger partial charge is 0.170 e. The minimum atomic E-state index is -0.270. The molecule has 0 bridgehead atoms. The lowest BCUT2D eigenvalue weighted by molar-refractivity contribution is 0.550. The van der Waals surface area contributed by atoms with Gasteiger partial charge in [0.15, 0.2) is 11.6 Å². The Morgan fingerprint density at radius 1 is 1.19 bits per heavy atom. The molecule has 0 amide bonds. The van der Waals surface area contributed by atoms with E-state index in [-0.39, 0.29) is 5.82 Å². The summed E-state index contributed by atoms with van der Waals surface area (Å²) in [4.78, 5) is 5.96. The number of pyridine rings is 1. The predicted octanol–water partition coefficient (Wildman–Crippen LogP) is 3.80. The van der Waals surface area contributed by atoms with Crippen molar-refractivity contribution in [2.24, 2.45) is 0 Å². The van der Waals surface area contributed by atoms with Crippen molar-refractivity contribution < 1.29 is 4.39 Å². The van der Waals surface area contributed by atoms with Gasteiger partial charge in [-0.25, -0.2) is 9.37 Å². The molecule has 2 rings (SSSR count). The van der Waals surface area contributed by atoms with E-state index in [0.29, 0.717) is 24.0 Å². The zero-order chi connectivity index (χ0) is 15.4. The summed E-state index contributed by atoms with van der Waals surface area (Å²) in [7, 11) is 1.83. The van der Waals surface area contributed by atoms with Gasteiger partial charge in [-0.15, -0.1) is 0 Å². The lowest BCUT2D eigenvalue weighted by Gasteiger charge is -2.20. The zero-order valence-corrected chi connectivity index (χ0v) is 13.0. The van der Waals surface area contributed by atoms with Gasteiger partial charge >= 0.3 is 0 Å². The minimum absolute atomic E-state index is 0.270. The first-order valence-electron chi connectivity index (χ1n) is 7.16. The summed E-state index contributed by atoms with van der Waals surface area (Å²) in [6, 6.07) is 9.99. The molecule has 0 atom stereocenters. The topological polar surface area (TPSA) is 28.2 Å². The summed E-state index contributed by atoms with van der Waals surface area (Å²) in [5.41, 5.74) is 2.73. The highest BCUT2D eigenvalue weighted by atomic mass is 19.1. The molecule has 1 N–H and O–H groups in total. The van der Waals surface area contributed by atoms with E-state index < -0.39 is 0 Å². The first-order valence-corrected chi connectivity index (χ1v) is 7.16. The van der Waals surface area contributed by atoms with Crippen LogP contribution in [0.3, 0.4) is 0 Å². The van der Waals surface area contributed by atoms with E-state index in [9.17, 15) is 4.39 Å². The molecule has 0 saturated heterocycles. The molecule has 112 valence electrons. The number of hydrogen-bond acceptors (Lipinski definition) is 3. The highest BCUT2D eigenvalue weighted by Gasteiger charge is 2.14. The molecule has 0 aliphatic carbocycles. The third kappa shape index (κ3) is 3.79. The van der Waals surface area contributed by atoms with E-state index >= 15 is 0 Å². The number of anilines is 2. The molecule has 21 heavy (non-hydrogen) atoms. The third-order valence-corrected chi connectivity index (χ3v) is 3.39. The highest BCUT2D eigenvalue weighted by Crippen LogP contribution is 2.26. The Labute approximate surface area is 125 Å². The Morgan fingerprint density at radius 3 is 2.48 bits per heavy atom. The van der Waals surface area contributed by atoms with Gasteiger partial charge in [-0.1, -0.05) is 31.5 Å². The maximum atomic E-state index is 14.6. The van der Waals surface area contributed by atoms with Gasteiger partial charge in [0.1, 0.15) is 0 Å². The van der Waals surface area contributed by atoms with Crippen LogP contribution in [0.25, 0.3) is 0 Å². The molecule has 0 fully saturated rings. The fourth-order valence-electron chi connectivity index (χ4n) is 2.05. The maximum Gasteiger partial charge on any atom is 0.170 e. The van der Waals surface area contributed by atoms with Crippen molar-refractivity contribution in [1.82, 2.24) is 10.3 Å². The highest BCUT2D eigenvalue weighted by molar-refractivity contribution is 5.60. The van der Waals surface area contributed by atoms with Gasteiger partial charge in [-0.2, -0.15) is 0 Å². The second kappa shape index (κ2) is 6.68. The van der Waals surface area contributed by atoms with Crippen LogP contribution in [0.5, 0.6) is 0 Å². The monoisotopic (exact) mass is 287 g/mol. The van der Waals surface area contributed by atoms with Crippen LogP contribution in [-0.4, -0.2) is 18.1 Å². The zero-order valence-electron chi connectivity index (χ0n) is 13.0. The second-order valence-electron chi connectivity index (χ2n) is 5.54. The lowest BCUT2D eigenvalue weighted by Crippen LogP contribution is -2.23. The summed E-state index contributed by atoms with van der Waals surface area (Å²) in [6.45, 7) is 6.61. The quantitative estimate of drug-likeness (QED) is 0.906. The number of aryl methyl sites for hydroxylation is 1. The second-order valence-corrected chi connectivity index (χ2v) is 5.54. The lowest BCUT2D eigenvalue weighted by atomic mass is 10.2. The van der Waals surface area contributed by atoms with Crippen molar-refractivity contribution in [1.29, 1.82) is 0 Å². The first-order chi connectivity index (χ1) is 9.99. The molecule has 0 aliphatic heterocycles. The first kappa shape index (κ1) is 15.4. The molecular weight excluding hydrogens is 265 g/mol. The Morgan fingerprint density at radius 2 is 1.86 bits per heavy atom. The van der Waals surface area contributed by atoms with Crippen LogP contribution in [0, 0.1) is 12.7 Å². The maximum absolute atomic E-state index is 14.6. The van der Waals surface area contributed by atoms with Crippen molar-refractivity contribution >= 4 is 11.5 Å². The molecule has 3 nitrogen and oxygen atoms in total. The van der Waals surface area contributed by atoms with Crippen LogP contribution in [0.4, 0.5) is 15.9 Å². The number of hydrogen-bond donors (Lipinski definition) is 1. The molecule has 1 aromatic carbocycles. The Kier molecular flexibility index (Phi) is 4.91. The van der Waals surface area contributed by atoms with E-state index in [4.69, 9.17) is 0 Å². The number of halogens is 1. The average Bonchev–Trinajstić information content (AvgIpc) is 2.46. The van der Waals surface area contributed by atoms with Gasteiger partial charge in [-0.05, 0) is 25.1 Å². The standard InChI is InChI=1S/C17H22FN3/c1-12(2)20-11-14-9-10-19-17(16(14)18)21(4)15-7-5-13(3)6-8-15/h5-10,12,20H,11H2,1-4H3. The number of nitrogens with one attached hydrogen (secondary N) is 1. The van der Waals surface area contributed by atoms with Crippen molar-refractivity contribution in [2.45, 2.75) is 33.4 Å². The van der Waals surface area contributed by atoms with Crippen LogP contribution in [0.2, 0.25) is 0 Å². The number of nitrogens with zero attached hydrogens (tertiary/aromatic N) is 2. The molecule has 0 radical (unpaired) electrons. The molecule has 0 spiro atoms. The summed E-state index contributed by atoms with van der Waals surface area (Å²) >= 11 is 0. The Balaban J connectivity index is 2.26. The summed E-state index contributed by atoms with van der Waals surface area (Å²) in [6.07, 6.45) is 1.65. The molecule has 1 aromatic heterocycles. The van der Waals surface area contributed by atoms with Gasteiger partial charge in [-0.3, -0.25) is 0 Å². The molecule has 1 heterocycles. The molecule has 0 saturated carbocycles. The molecule has 2 aromatic rings. The largest absolute Gasteiger partial charge is 0.327 e. The summed E-state index contributed by atoms with van der Waals surface area (Å²) in [5, 5.41) is 3.23. The molecule has 0 unspecified atom stereocenters.